The van der Waals surface area contributed by atoms with E-state index in [0.29, 0.717) is 25.5 Å². The van der Waals surface area contributed by atoms with Gasteiger partial charge in [0.05, 0.1) is 25.3 Å². The van der Waals surface area contributed by atoms with E-state index in [-0.39, 0.29) is 24.0 Å². The van der Waals surface area contributed by atoms with Crippen LogP contribution in [-0.2, 0) is 17.8 Å². The highest BCUT2D eigenvalue weighted by Gasteiger charge is 2.40. The number of piperidine rings is 1. The van der Waals surface area contributed by atoms with Crippen LogP contribution in [0.5, 0.6) is 0 Å². The highest BCUT2D eigenvalue weighted by atomic mass is 35.5. The molecule has 2 aliphatic heterocycles. The highest BCUT2D eigenvalue weighted by Crippen LogP contribution is 2.31. The summed E-state index contributed by atoms with van der Waals surface area (Å²) in [6, 6.07) is 16.6. The van der Waals surface area contributed by atoms with Crippen LogP contribution < -0.4 is 5.32 Å². The van der Waals surface area contributed by atoms with Gasteiger partial charge in [0.25, 0.3) is 5.91 Å². The first kappa shape index (κ1) is 23.1. The molecule has 6 nitrogen and oxygen atoms in total. The molecule has 0 aliphatic carbocycles. The first-order valence-corrected chi connectivity index (χ1v) is 12.3. The Bertz CT molecular complexity index is 1200. The van der Waals surface area contributed by atoms with Gasteiger partial charge in [0, 0.05) is 35.1 Å². The molecule has 2 fully saturated rings. The van der Waals surface area contributed by atoms with Gasteiger partial charge in [0.2, 0.25) is 0 Å². The van der Waals surface area contributed by atoms with Crippen molar-refractivity contribution in [3.8, 4) is 0 Å². The molecule has 0 radical (unpaired) electrons. The SMILES string of the molecule is CC(C)=CCn1nc(C(=O)NC2CC3COCC(C2)N3Cc2ccccc2Cl)c2ccccc21. The van der Waals surface area contributed by atoms with E-state index in [4.69, 9.17) is 16.3 Å². The molecule has 2 aliphatic rings. The summed E-state index contributed by atoms with van der Waals surface area (Å²) in [5.74, 6) is -0.101. The zero-order chi connectivity index (χ0) is 23.7. The monoisotopic (exact) mass is 478 g/mol. The van der Waals surface area contributed by atoms with E-state index in [1.807, 2.05) is 47.1 Å². The van der Waals surface area contributed by atoms with E-state index in [0.717, 1.165) is 40.9 Å². The Kier molecular flexibility index (Phi) is 6.73. The van der Waals surface area contributed by atoms with Gasteiger partial charge >= 0.3 is 0 Å². The van der Waals surface area contributed by atoms with Crippen LogP contribution in [0.3, 0.4) is 0 Å². The number of carbonyl (C=O) groups excluding carboxylic acids is 1. The van der Waals surface area contributed by atoms with Crippen molar-refractivity contribution in [3.63, 3.8) is 0 Å². The van der Waals surface area contributed by atoms with Crippen molar-refractivity contribution in [3.05, 3.63) is 76.5 Å². The number of hydrogen-bond acceptors (Lipinski definition) is 4. The maximum atomic E-state index is 13.4. The summed E-state index contributed by atoms with van der Waals surface area (Å²) in [6.07, 6.45) is 3.82. The number of nitrogens with one attached hydrogen (secondary N) is 1. The molecule has 7 heteroatoms. The third kappa shape index (κ3) is 4.76. The molecule has 2 atom stereocenters. The molecule has 5 rings (SSSR count). The number of hydrogen-bond donors (Lipinski definition) is 1. The summed E-state index contributed by atoms with van der Waals surface area (Å²) >= 11 is 6.43. The summed E-state index contributed by atoms with van der Waals surface area (Å²) < 4.78 is 7.78. The van der Waals surface area contributed by atoms with Gasteiger partial charge in [-0.1, -0.05) is 59.6 Å². The van der Waals surface area contributed by atoms with Crippen LogP contribution in [0.25, 0.3) is 10.9 Å². The van der Waals surface area contributed by atoms with Gasteiger partial charge in [-0.15, -0.1) is 0 Å². The zero-order valence-electron chi connectivity index (χ0n) is 19.7. The predicted octanol–water partition coefficient (Wildman–Crippen LogP) is 4.82. The lowest BCUT2D eigenvalue weighted by molar-refractivity contribution is -0.0843. The highest BCUT2D eigenvalue weighted by molar-refractivity contribution is 6.31. The topological polar surface area (TPSA) is 59.4 Å². The molecule has 2 bridgehead atoms. The molecule has 1 amide bonds. The number of para-hydroxylation sites is 1. The Morgan fingerprint density at radius 2 is 1.82 bits per heavy atom. The lowest BCUT2D eigenvalue weighted by Gasteiger charge is -2.48. The van der Waals surface area contributed by atoms with E-state index < -0.39 is 0 Å². The van der Waals surface area contributed by atoms with E-state index in [1.54, 1.807) is 0 Å². The predicted molar refractivity (Wildman–Crippen MR) is 135 cm³/mol. The van der Waals surface area contributed by atoms with Crippen molar-refractivity contribution < 1.29 is 9.53 Å². The second-order valence-electron chi connectivity index (χ2n) is 9.58. The van der Waals surface area contributed by atoms with E-state index in [2.05, 4.69) is 41.3 Å². The van der Waals surface area contributed by atoms with Gasteiger partial charge in [-0.05, 0) is 44.4 Å². The van der Waals surface area contributed by atoms with Crippen molar-refractivity contribution in [1.29, 1.82) is 0 Å². The molecule has 0 saturated carbocycles. The lowest BCUT2D eigenvalue weighted by Crippen LogP contribution is -2.60. The van der Waals surface area contributed by atoms with Crippen molar-refractivity contribution in [2.75, 3.05) is 13.2 Å². The van der Waals surface area contributed by atoms with Gasteiger partial charge in [-0.3, -0.25) is 14.4 Å². The number of halogens is 1. The third-order valence-corrected chi connectivity index (χ3v) is 7.23. The molecule has 2 unspecified atom stereocenters. The van der Waals surface area contributed by atoms with Crippen LogP contribution in [-0.4, -0.2) is 51.9 Å². The fraction of sp³-hybridized carbons (Fsp3) is 0.407. The summed E-state index contributed by atoms with van der Waals surface area (Å²) in [4.78, 5) is 15.8. The van der Waals surface area contributed by atoms with Gasteiger partial charge in [-0.2, -0.15) is 5.10 Å². The molecule has 0 spiro atoms. The largest absolute Gasteiger partial charge is 0.378 e. The number of aromatic nitrogens is 2. The normalized spacial score (nSPS) is 22.5. The van der Waals surface area contributed by atoms with Gasteiger partial charge in [0.1, 0.15) is 0 Å². The maximum absolute atomic E-state index is 13.4. The fourth-order valence-electron chi connectivity index (χ4n) is 5.15. The van der Waals surface area contributed by atoms with Crippen LogP contribution in [0.15, 0.2) is 60.2 Å². The molecule has 2 saturated heterocycles. The Balaban J connectivity index is 1.31. The molecule has 1 aromatic heterocycles. The summed E-state index contributed by atoms with van der Waals surface area (Å²) in [7, 11) is 0. The van der Waals surface area contributed by atoms with E-state index in [9.17, 15) is 4.79 Å². The zero-order valence-corrected chi connectivity index (χ0v) is 20.5. The standard InChI is InChI=1S/C27H31ClN4O2/c1-18(2)11-12-32-25-10-6-4-8-23(25)26(30-32)27(33)29-20-13-21-16-34-17-22(14-20)31(21)15-19-7-3-5-9-24(19)28/h3-11,20-22H,12-17H2,1-2H3,(H,29,33). The Morgan fingerprint density at radius 3 is 2.56 bits per heavy atom. The molecule has 2 aromatic carbocycles. The number of morpholine rings is 1. The van der Waals surface area contributed by atoms with E-state index >= 15 is 0 Å². The summed E-state index contributed by atoms with van der Waals surface area (Å²) in [5.41, 5.74) is 3.84. The van der Waals surface area contributed by atoms with Crippen LogP contribution in [0.1, 0.15) is 42.7 Å². The number of carbonyl (C=O) groups is 1. The first-order chi connectivity index (χ1) is 16.5. The van der Waals surface area contributed by atoms with Crippen molar-refractivity contribution in [1.82, 2.24) is 20.0 Å². The summed E-state index contributed by atoms with van der Waals surface area (Å²) in [6.45, 7) is 6.94. The minimum atomic E-state index is -0.101. The Labute approximate surface area is 205 Å². The fourth-order valence-corrected chi connectivity index (χ4v) is 5.34. The molecule has 1 N–H and O–H groups in total. The summed E-state index contributed by atoms with van der Waals surface area (Å²) in [5, 5.41) is 9.67. The number of allylic oxidation sites excluding steroid dienone is 2. The minimum absolute atomic E-state index is 0.0931. The molecule has 34 heavy (non-hydrogen) atoms. The van der Waals surface area contributed by atoms with Gasteiger partial charge in [0.15, 0.2) is 5.69 Å². The average molecular weight is 479 g/mol. The number of benzene rings is 2. The first-order valence-electron chi connectivity index (χ1n) is 12.0. The molecule has 178 valence electrons. The second-order valence-corrected chi connectivity index (χ2v) is 9.99. The van der Waals surface area contributed by atoms with Crippen molar-refractivity contribution in [2.24, 2.45) is 0 Å². The molecule has 3 aromatic rings. The van der Waals surface area contributed by atoms with Crippen molar-refractivity contribution in [2.45, 2.75) is 57.9 Å². The van der Waals surface area contributed by atoms with Crippen LogP contribution in [0.2, 0.25) is 5.02 Å². The number of rotatable bonds is 6. The minimum Gasteiger partial charge on any atom is -0.378 e. The number of ether oxygens (including phenoxy) is 1. The maximum Gasteiger partial charge on any atom is 0.272 e. The average Bonchev–Trinajstić information content (AvgIpc) is 3.18. The quantitative estimate of drug-likeness (QED) is 0.516. The van der Waals surface area contributed by atoms with Gasteiger partial charge in [-0.25, -0.2) is 0 Å². The van der Waals surface area contributed by atoms with Crippen LogP contribution in [0.4, 0.5) is 0 Å². The van der Waals surface area contributed by atoms with Crippen LogP contribution >= 0.6 is 11.6 Å². The second kappa shape index (κ2) is 9.90. The third-order valence-electron chi connectivity index (χ3n) is 6.86. The number of nitrogens with zero attached hydrogens (tertiary/aromatic N) is 3. The molecule has 3 heterocycles. The molecular weight excluding hydrogens is 448 g/mol. The number of amides is 1. The van der Waals surface area contributed by atoms with Crippen molar-refractivity contribution >= 4 is 28.4 Å². The smallest absolute Gasteiger partial charge is 0.272 e. The van der Waals surface area contributed by atoms with Crippen LogP contribution in [0, 0.1) is 0 Å². The van der Waals surface area contributed by atoms with Gasteiger partial charge < -0.3 is 10.1 Å². The Hall–Kier alpha value is -2.67. The lowest BCUT2D eigenvalue weighted by atomic mass is 9.89. The Morgan fingerprint density at radius 1 is 1.12 bits per heavy atom. The molecular formula is C27H31ClN4O2. The van der Waals surface area contributed by atoms with E-state index in [1.165, 1.54) is 5.57 Å². The number of fused-ring (bicyclic) bond motifs is 3.